The average molecular weight is 276 g/mol. The third-order valence-corrected chi connectivity index (χ3v) is 3.27. The SMILES string of the molecule is CC(C)NCc1ccccc1OC(C)C(=O)NC1CC1. The van der Waals surface area contributed by atoms with Crippen molar-refractivity contribution in [3.8, 4) is 5.75 Å². The van der Waals surface area contributed by atoms with E-state index in [1.54, 1.807) is 6.92 Å². The highest BCUT2D eigenvalue weighted by Crippen LogP contribution is 2.21. The maximum Gasteiger partial charge on any atom is 0.260 e. The molecule has 1 saturated carbocycles. The maximum absolute atomic E-state index is 11.9. The summed E-state index contributed by atoms with van der Waals surface area (Å²) in [6.45, 7) is 6.75. The zero-order chi connectivity index (χ0) is 14.5. The Balaban J connectivity index is 1.94. The number of carbonyl (C=O) groups is 1. The van der Waals surface area contributed by atoms with Gasteiger partial charge in [0.2, 0.25) is 0 Å². The lowest BCUT2D eigenvalue weighted by Gasteiger charge is -2.18. The first kappa shape index (κ1) is 14.9. The minimum absolute atomic E-state index is 0.0286. The summed E-state index contributed by atoms with van der Waals surface area (Å²) in [7, 11) is 0. The molecule has 2 N–H and O–H groups in total. The number of ether oxygens (including phenoxy) is 1. The highest BCUT2D eigenvalue weighted by Gasteiger charge is 2.26. The van der Waals surface area contributed by atoms with Crippen molar-refractivity contribution in [2.45, 2.75) is 58.3 Å². The van der Waals surface area contributed by atoms with Gasteiger partial charge in [0.1, 0.15) is 5.75 Å². The molecule has 1 fully saturated rings. The van der Waals surface area contributed by atoms with Gasteiger partial charge in [0, 0.05) is 24.2 Å². The van der Waals surface area contributed by atoms with E-state index < -0.39 is 6.10 Å². The van der Waals surface area contributed by atoms with Crippen LogP contribution in [0.4, 0.5) is 0 Å². The standard InChI is InChI=1S/C16H24N2O2/c1-11(2)17-10-13-6-4-5-7-15(13)20-12(3)16(19)18-14-8-9-14/h4-7,11-12,14,17H,8-10H2,1-3H3,(H,18,19). The molecule has 0 aromatic heterocycles. The van der Waals surface area contributed by atoms with Crippen LogP contribution in [0.5, 0.6) is 5.75 Å². The monoisotopic (exact) mass is 276 g/mol. The summed E-state index contributed by atoms with van der Waals surface area (Å²) in [6.07, 6.45) is 1.72. The van der Waals surface area contributed by atoms with E-state index in [9.17, 15) is 4.79 Å². The van der Waals surface area contributed by atoms with Gasteiger partial charge < -0.3 is 15.4 Å². The molecular weight excluding hydrogens is 252 g/mol. The summed E-state index contributed by atoms with van der Waals surface area (Å²) >= 11 is 0. The third kappa shape index (κ3) is 4.53. The molecule has 1 unspecified atom stereocenters. The first-order chi connectivity index (χ1) is 9.56. The van der Waals surface area contributed by atoms with Crippen LogP contribution in [0.15, 0.2) is 24.3 Å². The molecular formula is C16H24N2O2. The molecule has 20 heavy (non-hydrogen) atoms. The van der Waals surface area contributed by atoms with Crippen LogP contribution in [0.25, 0.3) is 0 Å². The van der Waals surface area contributed by atoms with E-state index in [0.29, 0.717) is 12.1 Å². The molecule has 4 nitrogen and oxygen atoms in total. The summed E-state index contributed by atoms with van der Waals surface area (Å²) < 4.78 is 5.82. The first-order valence-electron chi connectivity index (χ1n) is 7.34. The van der Waals surface area contributed by atoms with E-state index in [2.05, 4.69) is 24.5 Å². The van der Waals surface area contributed by atoms with Crippen molar-refractivity contribution in [3.05, 3.63) is 29.8 Å². The fourth-order valence-corrected chi connectivity index (χ4v) is 1.87. The Bertz CT molecular complexity index is 456. The summed E-state index contributed by atoms with van der Waals surface area (Å²) in [6, 6.07) is 8.64. The lowest BCUT2D eigenvalue weighted by Crippen LogP contribution is -2.37. The van der Waals surface area contributed by atoms with Gasteiger partial charge in [-0.3, -0.25) is 4.79 Å². The number of benzene rings is 1. The Labute approximate surface area is 120 Å². The Morgan fingerprint density at radius 1 is 1.30 bits per heavy atom. The van der Waals surface area contributed by atoms with Crippen molar-refractivity contribution in [1.82, 2.24) is 10.6 Å². The molecule has 0 saturated heterocycles. The van der Waals surface area contributed by atoms with Gasteiger partial charge in [-0.25, -0.2) is 0 Å². The summed E-state index contributed by atoms with van der Waals surface area (Å²) in [5, 5.41) is 6.33. The number of para-hydroxylation sites is 1. The van der Waals surface area contributed by atoms with Crippen LogP contribution in [0.3, 0.4) is 0 Å². The maximum atomic E-state index is 11.9. The number of hydrogen-bond donors (Lipinski definition) is 2. The second-order valence-electron chi connectivity index (χ2n) is 5.69. The molecule has 1 aliphatic rings. The second kappa shape index (κ2) is 6.75. The highest BCUT2D eigenvalue weighted by molar-refractivity contribution is 5.81. The van der Waals surface area contributed by atoms with Crippen LogP contribution in [-0.2, 0) is 11.3 Å². The van der Waals surface area contributed by atoms with Crippen molar-refractivity contribution >= 4 is 5.91 Å². The van der Waals surface area contributed by atoms with E-state index in [1.807, 2.05) is 24.3 Å². The smallest absolute Gasteiger partial charge is 0.260 e. The van der Waals surface area contributed by atoms with Crippen LogP contribution >= 0.6 is 0 Å². The highest BCUT2D eigenvalue weighted by atomic mass is 16.5. The molecule has 4 heteroatoms. The molecule has 2 rings (SSSR count). The van der Waals surface area contributed by atoms with E-state index in [0.717, 1.165) is 30.7 Å². The Hall–Kier alpha value is -1.55. The van der Waals surface area contributed by atoms with Gasteiger partial charge in [-0.05, 0) is 25.8 Å². The van der Waals surface area contributed by atoms with E-state index >= 15 is 0 Å². The van der Waals surface area contributed by atoms with Crippen LogP contribution in [0.2, 0.25) is 0 Å². The van der Waals surface area contributed by atoms with Gasteiger partial charge in [0.15, 0.2) is 6.10 Å². The van der Waals surface area contributed by atoms with Crippen molar-refractivity contribution in [1.29, 1.82) is 0 Å². The van der Waals surface area contributed by atoms with E-state index in [4.69, 9.17) is 4.74 Å². The molecule has 1 aromatic carbocycles. The molecule has 0 radical (unpaired) electrons. The fourth-order valence-electron chi connectivity index (χ4n) is 1.87. The predicted octanol–water partition coefficient (Wildman–Crippen LogP) is 2.23. The molecule has 0 spiro atoms. The van der Waals surface area contributed by atoms with Gasteiger partial charge in [-0.1, -0.05) is 32.0 Å². The van der Waals surface area contributed by atoms with Crippen LogP contribution in [0.1, 0.15) is 39.2 Å². The summed E-state index contributed by atoms with van der Waals surface area (Å²) in [5.74, 6) is 0.748. The summed E-state index contributed by atoms with van der Waals surface area (Å²) in [5.41, 5.74) is 1.08. The molecule has 1 atom stereocenters. The fraction of sp³-hybridized carbons (Fsp3) is 0.562. The van der Waals surface area contributed by atoms with Crippen molar-refractivity contribution in [2.75, 3.05) is 0 Å². The van der Waals surface area contributed by atoms with E-state index in [1.165, 1.54) is 0 Å². The van der Waals surface area contributed by atoms with Crippen LogP contribution in [-0.4, -0.2) is 24.1 Å². The molecule has 1 aliphatic carbocycles. The molecule has 110 valence electrons. The lowest BCUT2D eigenvalue weighted by molar-refractivity contribution is -0.127. The Morgan fingerprint density at radius 2 is 2.00 bits per heavy atom. The van der Waals surface area contributed by atoms with Gasteiger partial charge in [0.25, 0.3) is 5.91 Å². The van der Waals surface area contributed by atoms with E-state index in [-0.39, 0.29) is 5.91 Å². The third-order valence-electron chi connectivity index (χ3n) is 3.27. The van der Waals surface area contributed by atoms with Crippen molar-refractivity contribution < 1.29 is 9.53 Å². The quantitative estimate of drug-likeness (QED) is 0.803. The molecule has 0 bridgehead atoms. The molecule has 1 amide bonds. The van der Waals surface area contributed by atoms with Gasteiger partial charge in [-0.2, -0.15) is 0 Å². The lowest BCUT2D eigenvalue weighted by atomic mass is 10.2. The number of nitrogens with one attached hydrogen (secondary N) is 2. The minimum Gasteiger partial charge on any atom is -0.481 e. The van der Waals surface area contributed by atoms with Gasteiger partial charge >= 0.3 is 0 Å². The zero-order valence-corrected chi connectivity index (χ0v) is 12.5. The first-order valence-corrected chi connectivity index (χ1v) is 7.34. The van der Waals surface area contributed by atoms with Crippen molar-refractivity contribution in [3.63, 3.8) is 0 Å². The number of amides is 1. The Morgan fingerprint density at radius 3 is 2.65 bits per heavy atom. The summed E-state index contributed by atoms with van der Waals surface area (Å²) in [4.78, 5) is 11.9. The zero-order valence-electron chi connectivity index (χ0n) is 12.5. The molecule has 0 aliphatic heterocycles. The van der Waals surface area contributed by atoms with Crippen molar-refractivity contribution in [2.24, 2.45) is 0 Å². The number of rotatable bonds is 7. The van der Waals surface area contributed by atoms with Crippen LogP contribution in [0, 0.1) is 0 Å². The largest absolute Gasteiger partial charge is 0.481 e. The minimum atomic E-state index is -0.462. The second-order valence-corrected chi connectivity index (χ2v) is 5.69. The Kier molecular flexibility index (Phi) is 5.01. The molecule has 0 heterocycles. The average Bonchev–Trinajstić information content (AvgIpc) is 3.21. The van der Waals surface area contributed by atoms with Crippen LogP contribution < -0.4 is 15.4 Å². The topological polar surface area (TPSA) is 50.4 Å². The normalized spacial score (nSPS) is 16.0. The molecule has 1 aromatic rings. The number of hydrogen-bond acceptors (Lipinski definition) is 3. The predicted molar refractivity (Wildman–Crippen MR) is 79.7 cm³/mol. The number of carbonyl (C=O) groups excluding carboxylic acids is 1. The van der Waals surface area contributed by atoms with Gasteiger partial charge in [-0.15, -0.1) is 0 Å². The van der Waals surface area contributed by atoms with Gasteiger partial charge in [0.05, 0.1) is 0 Å².